The third kappa shape index (κ3) is 2.88. The van der Waals surface area contributed by atoms with Gasteiger partial charge < -0.3 is 9.84 Å². The Morgan fingerprint density at radius 2 is 2.38 bits per heavy atom. The second-order valence-electron chi connectivity index (χ2n) is 7.18. The number of likely N-dealkylation sites (tertiary alicyclic amines) is 1. The predicted octanol–water partition coefficient (Wildman–Crippen LogP) is 3.49. The average molecular weight is 404 g/mol. The van der Waals surface area contributed by atoms with Crippen LogP contribution in [0.25, 0.3) is 0 Å². The lowest BCUT2D eigenvalue weighted by atomic mass is 9.78. The molecule has 0 unspecified atom stereocenters. The summed E-state index contributed by atoms with van der Waals surface area (Å²) >= 11 is 7.37. The highest BCUT2D eigenvalue weighted by molar-refractivity contribution is 7.16. The fourth-order valence-electron chi connectivity index (χ4n) is 4.02. The van der Waals surface area contributed by atoms with Crippen LogP contribution in [-0.4, -0.2) is 45.8 Å². The van der Waals surface area contributed by atoms with Crippen LogP contribution in [-0.2, 0) is 22.5 Å². The molecule has 2 aliphatic rings. The number of piperidine rings is 1. The van der Waals surface area contributed by atoms with Gasteiger partial charge in [0.15, 0.2) is 5.60 Å². The maximum atomic E-state index is 13.5. The first-order chi connectivity index (χ1) is 12.3. The van der Waals surface area contributed by atoms with Crippen molar-refractivity contribution in [2.45, 2.75) is 50.0 Å². The minimum Gasteiger partial charge on any atom is -0.377 e. The summed E-state index contributed by atoms with van der Waals surface area (Å²) in [6, 6.07) is 1.66. The number of nitrogens with one attached hydrogen (secondary N) is 1. The van der Waals surface area contributed by atoms with E-state index in [1.54, 1.807) is 6.20 Å². The molecule has 0 saturated carbocycles. The Kier molecular flexibility index (Phi) is 4.60. The summed E-state index contributed by atoms with van der Waals surface area (Å²) in [5, 5.41) is 17.3. The van der Waals surface area contributed by atoms with E-state index in [-0.39, 0.29) is 11.6 Å². The number of aromatic nitrogens is 2. The van der Waals surface area contributed by atoms with Gasteiger partial charge in [-0.1, -0.05) is 11.6 Å². The molecule has 26 heavy (non-hydrogen) atoms. The van der Waals surface area contributed by atoms with Gasteiger partial charge in [0.05, 0.1) is 17.1 Å². The third-order valence-corrected chi connectivity index (χ3v) is 6.95. The Balaban J connectivity index is 1.61. The van der Waals surface area contributed by atoms with Crippen molar-refractivity contribution in [2.24, 2.45) is 0 Å². The van der Waals surface area contributed by atoms with E-state index in [0.717, 1.165) is 18.7 Å². The number of hydrogen-bond acceptors (Lipinski definition) is 5. The summed E-state index contributed by atoms with van der Waals surface area (Å²) < 4.78 is 33.4. The molecule has 142 valence electrons. The second-order valence-corrected chi connectivity index (χ2v) is 8.86. The molecular formula is C17H20ClF2N3O2S. The molecule has 1 saturated heterocycles. The van der Waals surface area contributed by atoms with Crippen LogP contribution in [0, 0.1) is 0 Å². The Hall–Kier alpha value is -1.06. The largest absolute Gasteiger partial charge is 0.377 e. The number of aliphatic hydroxyl groups is 1. The van der Waals surface area contributed by atoms with Gasteiger partial charge in [0, 0.05) is 41.3 Å². The smallest absolute Gasteiger partial charge is 0.273 e. The number of halogens is 3. The topological polar surface area (TPSA) is 61.4 Å². The van der Waals surface area contributed by atoms with Gasteiger partial charge in [-0.15, -0.1) is 11.3 Å². The molecule has 0 amide bonds. The summed E-state index contributed by atoms with van der Waals surface area (Å²) in [7, 11) is 0. The number of ether oxygens (including phenoxy) is 1. The molecular weight excluding hydrogens is 384 g/mol. The molecule has 0 radical (unpaired) electrons. The molecule has 3 atom stereocenters. The number of thiophene rings is 1. The molecule has 4 rings (SSSR count). The molecule has 5 nitrogen and oxygen atoms in total. The molecule has 0 bridgehead atoms. The summed E-state index contributed by atoms with van der Waals surface area (Å²) in [5.41, 5.74) is -1.63. The van der Waals surface area contributed by atoms with E-state index in [4.69, 9.17) is 16.3 Å². The first-order valence-corrected chi connectivity index (χ1v) is 9.70. The molecule has 0 aromatic carbocycles. The van der Waals surface area contributed by atoms with Gasteiger partial charge >= 0.3 is 0 Å². The first-order valence-electron chi connectivity index (χ1n) is 8.50. The quantitative estimate of drug-likeness (QED) is 0.823. The van der Waals surface area contributed by atoms with Gasteiger partial charge in [0.1, 0.15) is 5.60 Å². The highest BCUT2D eigenvalue weighted by atomic mass is 35.5. The Morgan fingerprint density at radius 3 is 3.04 bits per heavy atom. The Morgan fingerprint density at radius 1 is 1.58 bits per heavy atom. The number of H-pyrrole nitrogens is 1. The van der Waals surface area contributed by atoms with Gasteiger partial charge in [0.25, 0.3) is 6.43 Å². The van der Waals surface area contributed by atoms with Crippen LogP contribution in [0.2, 0.25) is 4.34 Å². The SMILES string of the molecule is C[C@H]1C[C@@]2(CCN1Cc1cn[nH]c1)OC[C@@](O)(C(F)F)c1cc(Cl)sc12. The second kappa shape index (κ2) is 6.53. The lowest BCUT2D eigenvalue weighted by Gasteiger charge is -2.49. The van der Waals surface area contributed by atoms with Crippen LogP contribution < -0.4 is 0 Å². The van der Waals surface area contributed by atoms with E-state index in [1.807, 2.05) is 6.20 Å². The van der Waals surface area contributed by atoms with Gasteiger partial charge in [-0.3, -0.25) is 10.00 Å². The van der Waals surface area contributed by atoms with Crippen LogP contribution in [0.15, 0.2) is 18.5 Å². The zero-order valence-corrected chi connectivity index (χ0v) is 15.8. The van der Waals surface area contributed by atoms with E-state index < -0.39 is 24.2 Å². The zero-order valence-electron chi connectivity index (χ0n) is 14.2. The van der Waals surface area contributed by atoms with E-state index in [1.165, 1.54) is 17.4 Å². The third-order valence-electron chi connectivity index (χ3n) is 5.50. The molecule has 2 aromatic heterocycles. The van der Waals surface area contributed by atoms with Gasteiger partial charge in [-0.25, -0.2) is 8.78 Å². The van der Waals surface area contributed by atoms with E-state index in [9.17, 15) is 13.9 Å². The molecule has 1 fully saturated rings. The van der Waals surface area contributed by atoms with Gasteiger partial charge in [-0.2, -0.15) is 5.10 Å². The van der Waals surface area contributed by atoms with Crippen molar-refractivity contribution >= 4 is 22.9 Å². The van der Waals surface area contributed by atoms with Gasteiger partial charge in [0.2, 0.25) is 0 Å². The van der Waals surface area contributed by atoms with Crippen LogP contribution >= 0.6 is 22.9 Å². The average Bonchev–Trinajstić information content (AvgIpc) is 3.24. The standard InChI is InChI=1S/C17H20ClF2N3O2S/c1-10-5-16(2-3-23(10)8-11-6-21-22-7-11)14-12(4-13(18)26-14)17(24,9-25-16)15(19)20/h4,6-7,10,15,24H,2-3,5,8-9H2,1H3,(H,21,22)/t10-,16+,17-/m0/s1. The molecule has 2 aliphatic heterocycles. The van der Waals surface area contributed by atoms with Crippen molar-refractivity contribution in [2.75, 3.05) is 13.2 Å². The van der Waals surface area contributed by atoms with Gasteiger partial charge in [-0.05, 0) is 25.8 Å². The maximum absolute atomic E-state index is 13.5. The highest BCUT2D eigenvalue weighted by Crippen LogP contribution is 2.53. The van der Waals surface area contributed by atoms with Crippen molar-refractivity contribution in [3.05, 3.63) is 38.8 Å². The first kappa shape index (κ1) is 18.3. The minimum absolute atomic E-state index is 0.185. The predicted molar refractivity (Wildman–Crippen MR) is 94.6 cm³/mol. The van der Waals surface area contributed by atoms with E-state index >= 15 is 0 Å². The van der Waals surface area contributed by atoms with Crippen LogP contribution in [0.1, 0.15) is 35.8 Å². The normalized spacial score (nSPS) is 32.3. The zero-order chi connectivity index (χ0) is 18.5. The van der Waals surface area contributed by atoms with E-state index in [0.29, 0.717) is 22.1 Å². The van der Waals surface area contributed by atoms with Crippen molar-refractivity contribution in [3.63, 3.8) is 0 Å². The van der Waals surface area contributed by atoms with Crippen molar-refractivity contribution in [3.8, 4) is 0 Å². The molecule has 1 spiro atoms. The monoisotopic (exact) mass is 403 g/mol. The lowest BCUT2D eigenvalue weighted by molar-refractivity contribution is -0.210. The summed E-state index contributed by atoms with van der Waals surface area (Å²) in [4.78, 5) is 2.97. The number of alkyl halides is 2. The van der Waals surface area contributed by atoms with Crippen LogP contribution in [0.3, 0.4) is 0 Å². The maximum Gasteiger partial charge on any atom is 0.273 e. The molecule has 2 N–H and O–H groups in total. The fraction of sp³-hybridized carbons (Fsp3) is 0.588. The van der Waals surface area contributed by atoms with Crippen molar-refractivity contribution < 1.29 is 18.6 Å². The van der Waals surface area contributed by atoms with Crippen LogP contribution in [0.5, 0.6) is 0 Å². The number of rotatable bonds is 3. The summed E-state index contributed by atoms with van der Waals surface area (Å²) in [5.74, 6) is 0. The lowest BCUT2D eigenvalue weighted by Crippen LogP contribution is -2.54. The van der Waals surface area contributed by atoms with Crippen LogP contribution in [0.4, 0.5) is 8.78 Å². The number of hydrogen-bond donors (Lipinski definition) is 2. The number of fused-ring (bicyclic) bond motifs is 2. The minimum atomic E-state index is -2.93. The molecule has 4 heterocycles. The Labute approximate surface area is 158 Å². The highest BCUT2D eigenvalue weighted by Gasteiger charge is 2.54. The van der Waals surface area contributed by atoms with E-state index in [2.05, 4.69) is 22.0 Å². The summed E-state index contributed by atoms with van der Waals surface area (Å²) in [6.45, 7) is 3.22. The molecule has 0 aliphatic carbocycles. The van der Waals surface area contributed by atoms with Crippen molar-refractivity contribution in [1.29, 1.82) is 0 Å². The fourth-order valence-corrected chi connectivity index (χ4v) is 5.51. The Bertz CT molecular complexity index is 787. The number of nitrogens with zero attached hydrogens (tertiary/aromatic N) is 2. The molecule has 9 heteroatoms. The van der Waals surface area contributed by atoms with Crippen molar-refractivity contribution in [1.82, 2.24) is 15.1 Å². The molecule has 2 aromatic rings. The number of aromatic amines is 1. The summed E-state index contributed by atoms with van der Waals surface area (Å²) in [6.07, 6.45) is 2.07.